The molecule has 1 aromatic rings. The van der Waals surface area contributed by atoms with Crippen LogP contribution in [-0.4, -0.2) is 17.0 Å². The molecule has 1 aromatic carbocycles. The highest BCUT2D eigenvalue weighted by Crippen LogP contribution is 2.22. The monoisotopic (exact) mass is 266 g/mol. The van der Waals surface area contributed by atoms with Crippen molar-refractivity contribution in [2.45, 2.75) is 18.9 Å². The maximum absolute atomic E-state index is 11.4. The second-order valence-electron chi connectivity index (χ2n) is 3.54. The Labute approximate surface area is 109 Å². The molecular weight excluding hydrogens is 256 g/mol. The summed E-state index contributed by atoms with van der Waals surface area (Å²) in [6, 6.07) is 7.71. The second kappa shape index (κ2) is 6.62. The van der Waals surface area contributed by atoms with E-state index in [-0.39, 0.29) is 12.8 Å². The number of hydrogen-bond donors (Lipinski definition) is 2. The first-order chi connectivity index (χ1) is 8.54. The maximum Gasteiger partial charge on any atom is 0.303 e. The van der Waals surface area contributed by atoms with Gasteiger partial charge in [-0.15, -0.1) is 0 Å². The van der Waals surface area contributed by atoms with Crippen LogP contribution >= 0.6 is 11.6 Å². The highest BCUT2D eigenvalue weighted by molar-refractivity contribution is 6.31. The normalized spacial score (nSPS) is 11.3. The summed E-state index contributed by atoms with van der Waals surface area (Å²) in [7, 11) is 0. The number of amides is 1. The molecule has 0 saturated heterocycles. The number of carbonyl (C=O) groups is 2. The Morgan fingerprint density at radius 2 is 2.06 bits per heavy atom. The van der Waals surface area contributed by atoms with Gasteiger partial charge in [0, 0.05) is 17.0 Å². The minimum absolute atomic E-state index is 0.169. The van der Waals surface area contributed by atoms with Gasteiger partial charge in [0.1, 0.15) is 6.04 Å². The van der Waals surface area contributed by atoms with E-state index in [2.05, 4.69) is 5.32 Å². The molecule has 0 aliphatic heterocycles. The molecule has 0 spiro atoms. The van der Waals surface area contributed by atoms with E-state index in [1.165, 1.54) is 0 Å². The molecule has 0 radical (unpaired) electrons. The smallest absolute Gasteiger partial charge is 0.303 e. The van der Waals surface area contributed by atoms with Crippen LogP contribution in [-0.2, 0) is 9.59 Å². The number of nitrogens with one attached hydrogen (secondary N) is 1. The Morgan fingerprint density at radius 3 is 2.61 bits per heavy atom. The lowest BCUT2D eigenvalue weighted by atomic mass is 10.1. The van der Waals surface area contributed by atoms with Gasteiger partial charge in [-0.1, -0.05) is 29.8 Å². The zero-order chi connectivity index (χ0) is 13.5. The molecule has 1 amide bonds. The summed E-state index contributed by atoms with van der Waals surface area (Å²) in [5.74, 6) is -1.56. The van der Waals surface area contributed by atoms with Crippen LogP contribution in [0, 0.1) is 11.3 Å². The van der Waals surface area contributed by atoms with Crippen molar-refractivity contribution in [3.63, 3.8) is 0 Å². The Hall–Kier alpha value is -2.06. The molecule has 0 aliphatic rings. The van der Waals surface area contributed by atoms with Gasteiger partial charge in [0.2, 0.25) is 5.91 Å². The van der Waals surface area contributed by atoms with Gasteiger partial charge in [-0.05, 0) is 6.07 Å². The first-order valence-corrected chi connectivity index (χ1v) is 5.57. The van der Waals surface area contributed by atoms with E-state index in [0.717, 1.165) is 0 Å². The van der Waals surface area contributed by atoms with Crippen molar-refractivity contribution in [3.8, 4) is 6.07 Å². The number of halogens is 1. The number of carboxylic acids is 1. The molecule has 18 heavy (non-hydrogen) atoms. The highest BCUT2D eigenvalue weighted by atomic mass is 35.5. The summed E-state index contributed by atoms with van der Waals surface area (Å²) in [4.78, 5) is 21.7. The lowest BCUT2D eigenvalue weighted by molar-refractivity contribution is -0.138. The van der Waals surface area contributed by atoms with Crippen LogP contribution in [0.25, 0.3) is 0 Å². The molecule has 5 nitrogen and oxygen atoms in total. The van der Waals surface area contributed by atoms with Gasteiger partial charge in [0.15, 0.2) is 0 Å². The second-order valence-corrected chi connectivity index (χ2v) is 3.95. The summed E-state index contributed by atoms with van der Waals surface area (Å²) >= 11 is 5.91. The van der Waals surface area contributed by atoms with Crippen molar-refractivity contribution in [1.29, 1.82) is 5.26 Å². The van der Waals surface area contributed by atoms with Gasteiger partial charge in [-0.3, -0.25) is 9.59 Å². The number of nitrogens with zero attached hydrogens (tertiary/aromatic N) is 1. The van der Waals surface area contributed by atoms with E-state index in [9.17, 15) is 9.59 Å². The first-order valence-electron chi connectivity index (χ1n) is 5.19. The molecular formula is C12H11ClN2O3. The van der Waals surface area contributed by atoms with Gasteiger partial charge in [-0.2, -0.15) is 5.26 Å². The standard InChI is InChI=1S/C12H11ClN2O3/c13-9-4-2-1-3-8(9)10(7-14)15-11(16)5-6-12(17)18/h1-4,10H,5-6H2,(H,15,16)(H,17,18). The SMILES string of the molecule is N#CC(NC(=O)CCC(=O)O)c1ccccc1Cl. The third kappa shape index (κ3) is 4.07. The predicted octanol–water partition coefficient (Wildman–Crippen LogP) is 1.89. The van der Waals surface area contributed by atoms with Crippen molar-refractivity contribution in [2.24, 2.45) is 0 Å². The lowest BCUT2D eigenvalue weighted by Gasteiger charge is -2.12. The molecule has 1 atom stereocenters. The molecule has 6 heteroatoms. The van der Waals surface area contributed by atoms with E-state index < -0.39 is 17.9 Å². The molecule has 0 aromatic heterocycles. The summed E-state index contributed by atoms with van der Waals surface area (Å²) in [5, 5.41) is 20.2. The van der Waals surface area contributed by atoms with Crippen LogP contribution in [0.4, 0.5) is 0 Å². The average molecular weight is 267 g/mol. The van der Waals surface area contributed by atoms with Crippen molar-refractivity contribution >= 4 is 23.5 Å². The van der Waals surface area contributed by atoms with Crippen molar-refractivity contribution < 1.29 is 14.7 Å². The molecule has 1 rings (SSSR count). The zero-order valence-electron chi connectivity index (χ0n) is 9.39. The third-order valence-corrected chi connectivity index (χ3v) is 2.56. The van der Waals surface area contributed by atoms with Gasteiger partial charge in [-0.25, -0.2) is 0 Å². The predicted molar refractivity (Wildman–Crippen MR) is 64.8 cm³/mol. The molecule has 1 unspecified atom stereocenters. The highest BCUT2D eigenvalue weighted by Gasteiger charge is 2.16. The zero-order valence-corrected chi connectivity index (χ0v) is 10.1. The number of benzene rings is 1. The van der Waals surface area contributed by atoms with Crippen LogP contribution in [0.5, 0.6) is 0 Å². The largest absolute Gasteiger partial charge is 0.481 e. The summed E-state index contributed by atoms with van der Waals surface area (Å²) in [6.07, 6.45) is -0.440. The number of rotatable bonds is 5. The van der Waals surface area contributed by atoms with Crippen molar-refractivity contribution in [3.05, 3.63) is 34.9 Å². The molecule has 0 bridgehead atoms. The number of hydrogen-bond acceptors (Lipinski definition) is 3. The minimum Gasteiger partial charge on any atom is -0.481 e. The van der Waals surface area contributed by atoms with Crippen LogP contribution in [0.15, 0.2) is 24.3 Å². The van der Waals surface area contributed by atoms with Gasteiger partial charge < -0.3 is 10.4 Å². The van der Waals surface area contributed by atoms with E-state index in [0.29, 0.717) is 10.6 Å². The van der Waals surface area contributed by atoms with Crippen molar-refractivity contribution in [1.82, 2.24) is 5.32 Å². The molecule has 0 aliphatic carbocycles. The van der Waals surface area contributed by atoms with Crippen LogP contribution in [0.2, 0.25) is 5.02 Å². The third-order valence-electron chi connectivity index (χ3n) is 2.22. The molecule has 2 N–H and O–H groups in total. The Morgan fingerprint density at radius 1 is 1.39 bits per heavy atom. The fraction of sp³-hybridized carbons (Fsp3) is 0.250. The van der Waals surface area contributed by atoms with Crippen LogP contribution in [0.3, 0.4) is 0 Å². The molecule has 0 fully saturated rings. The summed E-state index contributed by atoms with van der Waals surface area (Å²) in [6.45, 7) is 0. The van der Waals surface area contributed by atoms with E-state index in [1.807, 2.05) is 6.07 Å². The Bertz CT molecular complexity index is 496. The van der Waals surface area contributed by atoms with E-state index in [4.69, 9.17) is 22.0 Å². The van der Waals surface area contributed by atoms with Crippen LogP contribution in [0.1, 0.15) is 24.4 Å². The Balaban J connectivity index is 2.69. The fourth-order valence-electron chi connectivity index (χ4n) is 1.34. The van der Waals surface area contributed by atoms with Crippen LogP contribution < -0.4 is 5.32 Å². The number of aliphatic carboxylic acids is 1. The van der Waals surface area contributed by atoms with Gasteiger partial charge in [0.25, 0.3) is 0 Å². The Kier molecular flexibility index (Phi) is 5.15. The molecule has 94 valence electrons. The number of carboxylic acid groups (broad SMARTS) is 1. The number of nitriles is 1. The van der Waals surface area contributed by atoms with Crippen molar-refractivity contribution in [2.75, 3.05) is 0 Å². The van der Waals surface area contributed by atoms with E-state index in [1.54, 1.807) is 24.3 Å². The maximum atomic E-state index is 11.4. The van der Waals surface area contributed by atoms with E-state index >= 15 is 0 Å². The lowest BCUT2D eigenvalue weighted by Crippen LogP contribution is -2.28. The molecule has 0 saturated carbocycles. The first kappa shape index (κ1) is 14.0. The van der Waals surface area contributed by atoms with Gasteiger partial charge >= 0.3 is 5.97 Å². The average Bonchev–Trinajstić information content (AvgIpc) is 2.34. The number of carbonyl (C=O) groups excluding carboxylic acids is 1. The topological polar surface area (TPSA) is 90.2 Å². The van der Waals surface area contributed by atoms with Gasteiger partial charge in [0.05, 0.1) is 12.5 Å². The summed E-state index contributed by atoms with van der Waals surface area (Å²) in [5.41, 5.74) is 0.491. The fourth-order valence-corrected chi connectivity index (χ4v) is 1.59. The molecule has 0 heterocycles. The quantitative estimate of drug-likeness (QED) is 0.851. The summed E-state index contributed by atoms with van der Waals surface area (Å²) < 4.78 is 0. The minimum atomic E-state index is -1.06.